The summed E-state index contributed by atoms with van der Waals surface area (Å²) < 4.78 is 31.8. The first-order chi connectivity index (χ1) is 10.2. The number of hydrogen-bond acceptors (Lipinski definition) is 5. The minimum atomic E-state index is -0.963. The molecule has 0 aliphatic rings. The quantitative estimate of drug-likeness (QED) is 0.785. The Morgan fingerprint density at radius 1 is 1.19 bits per heavy atom. The molecule has 108 valence electrons. The molecular weight excluding hydrogens is 296 g/mol. The summed E-state index contributed by atoms with van der Waals surface area (Å²) in [6.07, 6.45) is 0. The average molecular weight is 307 g/mol. The summed E-state index contributed by atoms with van der Waals surface area (Å²) in [5, 5.41) is 5.60. The van der Waals surface area contributed by atoms with Gasteiger partial charge in [0.25, 0.3) is 0 Å². The van der Waals surface area contributed by atoms with Crippen molar-refractivity contribution in [3.63, 3.8) is 0 Å². The van der Waals surface area contributed by atoms with Crippen LogP contribution in [-0.2, 0) is 0 Å². The van der Waals surface area contributed by atoms with E-state index in [1.54, 1.807) is 0 Å². The SMILES string of the molecule is CCNc1nc(Oc2ccc(F)c(F)c2)c2ccsc2n1. The molecule has 0 radical (unpaired) electrons. The predicted octanol–water partition coefficient (Wildman–Crippen LogP) is 4.19. The van der Waals surface area contributed by atoms with E-state index in [9.17, 15) is 8.78 Å². The van der Waals surface area contributed by atoms with Crippen LogP contribution in [0.25, 0.3) is 10.2 Å². The molecule has 2 aromatic heterocycles. The van der Waals surface area contributed by atoms with E-state index < -0.39 is 11.6 Å². The van der Waals surface area contributed by atoms with E-state index in [1.165, 1.54) is 17.4 Å². The molecule has 0 amide bonds. The zero-order chi connectivity index (χ0) is 14.8. The first-order valence-electron chi connectivity index (χ1n) is 6.29. The van der Waals surface area contributed by atoms with Gasteiger partial charge in [0, 0.05) is 12.6 Å². The Morgan fingerprint density at radius 2 is 2.05 bits per heavy atom. The molecule has 0 fully saturated rings. The number of halogens is 2. The van der Waals surface area contributed by atoms with Gasteiger partial charge in [0.15, 0.2) is 11.6 Å². The van der Waals surface area contributed by atoms with Gasteiger partial charge in [-0.2, -0.15) is 4.98 Å². The molecule has 3 aromatic rings. The number of nitrogens with zero attached hydrogens (tertiary/aromatic N) is 2. The summed E-state index contributed by atoms with van der Waals surface area (Å²) >= 11 is 1.45. The van der Waals surface area contributed by atoms with Gasteiger partial charge in [-0.1, -0.05) is 0 Å². The highest BCUT2D eigenvalue weighted by atomic mass is 32.1. The van der Waals surface area contributed by atoms with Crippen LogP contribution >= 0.6 is 11.3 Å². The summed E-state index contributed by atoms with van der Waals surface area (Å²) in [7, 11) is 0. The zero-order valence-corrected chi connectivity index (χ0v) is 11.9. The van der Waals surface area contributed by atoms with E-state index in [-0.39, 0.29) is 5.75 Å². The minimum absolute atomic E-state index is 0.183. The molecule has 0 aliphatic carbocycles. The van der Waals surface area contributed by atoms with Gasteiger partial charge in [-0.05, 0) is 30.5 Å². The van der Waals surface area contributed by atoms with E-state index in [0.717, 1.165) is 22.3 Å². The van der Waals surface area contributed by atoms with Crippen molar-refractivity contribution in [1.82, 2.24) is 9.97 Å². The fraction of sp³-hybridized carbons (Fsp3) is 0.143. The van der Waals surface area contributed by atoms with Gasteiger partial charge in [0.2, 0.25) is 11.8 Å². The lowest BCUT2D eigenvalue weighted by Gasteiger charge is -2.08. The first-order valence-corrected chi connectivity index (χ1v) is 7.17. The predicted molar refractivity (Wildman–Crippen MR) is 78.0 cm³/mol. The zero-order valence-electron chi connectivity index (χ0n) is 11.1. The molecule has 1 N–H and O–H groups in total. The van der Waals surface area contributed by atoms with Crippen LogP contribution in [-0.4, -0.2) is 16.5 Å². The number of thiophene rings is 1. The number of rotatable bonds is 4. The third-order valence-electron chi connectivity index (χ3n) is 2.73. The van der Waals surface area contributed by atoms with E-state index >= 15 is 0 Å². The molecule has 4 nitrogen and oxygen atoms in total. The lowest BCUT2D eigenvalue weighted by Crippen LogP contribution is -2.03. The second kappa shape index (κ2) is 5.61. The normalized spacial score (nSPS) is 10.8. The molecule has 0 spiro atoms. The maximum atomic E-state index is 13.2. The van der Waals surface area contributed by atoms with Crippen LogP contribution < -0.4 is 10.1 Å². The van der Waals surface area contributed by atoms with Crippen molar-refractivity contribution >= 4 is 27.5 Å². The van der Waals surface area contributed by atoms with Gasteiger partial charge >= 0.3 is 0 Å². The molecule has 0 saturated heterocycles. The van der Waals surface area contributed by atoms with Gasteiger partial charge in [-0.25, -0.2) is 13.8 Å². The summed E-state index contributed by atoms with van der Waals surface area (Å²) in [4.78, 5) is 9.36. The average Bonchev–Trinajstić information content (AvgIpc) is 2.92. The number of benzene rings is 1. The van der Waals surface area contributed by atoms with Crippen molar-refractivity contribution in [1.29, 1.82) is 0 Å². The van der Waals surface area contributed by atoms with Crippen molar-refractivity contribution in [2.45, 2.75) is 6.92 Å². The van der Waals surface area contributed by atoms with Crippen molar-refractivity contribution in [3.8, 4) is 11.6 Å². The third-order valence-corrected chi connectivity index (χ3v) is 3.54. The highest BCUT2D eigenvalue weighted by molar-refractivity contribution is 7.16. The Kier molecular flexibility index (Phi) is 3.66. The maximum absolute atomic E-state index is 13.2. The van der Waals surface area contributed by atoms with Crippen LogP contribution in [0.1, 0.15) is 6.92 Å². The van der Waals surface area contributed by atoms with E-state index in [1.807, 2.05) is 18.4 Å². The van der Waals surface area contributed by atoms with Crippen LogP contribution in [0.4, 0.5) is 14.7 Å². The Balaban J connectivity index is 2.01. The number of aromatic nitrogens is 2. The lowest BCUT2D eigenvalue weighted by molar-refractivity contribution is 0.452. The second-order valence-electron chi connectivity index (χ2n) is 4.20. The molecule has 21 heavy (non-hydrogen) atoms. The molecule has 0 bridgehead atoms. The summed E-state index contributed by atoms with van der Waals surface area (Å²) in [6, 6.07) is 5.18. The van der Waals surface area contributed by atoms with Gasteiger partial charge < -0.3 is 10.1 Å². The highest BCUT2D eigenvalue weighted by Crippen LogP contribution is 2.31. The molecule has 0 unspecified atom stereocenters. The van der Waals surface area contributed by atoms with Crippen LogP contribution in [0, 0.1) is 11.6 Å². The Labute approximate surface area is 123 Å². The number of nitrogens with one attached hydrogen (secondary N) is 1. The molecular formula is C14H11F2N3OS. The molecule has 3 rings (SSSR count). The Bertz CT molecular complexity index is 791. The smallest absolute Gasteiger partial charge is 0.232 e. The van der Waals surface area contributed by atoms with Crippen molar-refractivity contribution in [2.24, 2.45) is 0 Å². The topological polar surface area (TPSA) is 47.0 Å². The van der Waals surface area contributed by atoms with Crippen molar-refractivity contribution in [3.05, 3.63) is 41.3 Å². The largest absolute Gasteiger partial charge is 0.438 e. The number of ether oxygens (including phenoxy) is 1. The van der Waals surface area contributed by atoms with Gasteiger partial charge in [0.1, 0.15) is 10.6 Å². The number of hydrogen-bond donors (Lipinski definition) is 1. The Morgan fingerprint density at radius 3 is 2.81 bits per heavy atom. The first kappa shape index (κ1) is 13.7. The summed E-state index contributed by atoms with van der Waals surface area (Å²) in [6.45, 7) is 2.60. The van der Waals surface area contributed by atoms with Gasteiger partial charge in [-0.15, -0.1) is 11.3 Å². The molecule has 0 aliphatic heterocycles. The van der Waals surface area contributed by atoms with E-state index in [0.29, 0.717) is 18.4 Å². The summed E-state index contributed by atoms with van der Waals surface area (Å²) in [5.41, 5.74) is 0. The summed E-state index contributed by atoms with van der Waals surface area (Å²) in [5.74, 6) is -0.954. The van der Waals surface area contributed by atoms with Crippen molar-refractivity contribution in [2.75, 3.05) is 11.9 Å². The van der Waals surface area contributed by atoms with Gasteiger partial charge in [-0.3, -0.25) is 0 Å². The standard InChI is InChI=1S/C14H11F2N3OS/c1-2-17-14-18-12(9-5-6-21-13(9)19-14)20-8-3-4-10(15)11(16)7-8/h3-7H,2H2,1H3,(H,17,18,19). The lowest BCUT2D eigenvalue weighted by atomic mass is 10.3. The van der Waals surface area contributed by atoms with Crippen LogP contribution in [0.15, 0.2) is 29.6 Å². The number of anilines is 1. The second-order valence-corrected chi connectivity index (χ2v) is 5.09. The van der Waals surface area contributed by atoms with Crippen molar-refractivity contribution < 1.29 is 13.5 Å². The van der Waals surface area contributed by atoms with Crippen LogP contribution in [0.2, 0.25) is 0 Å². The third kappa shape index (κ3) is 2.78. The molecule has 0 atom stereocenters. The molecule has 7 heteroatoms. The van der Waals surface area contributed by atoms with E-state index in [4.69, 9.17) is 4.74 Å². The highest BCUT2D eigenvalue weighted by Gasteiger charge is 2.12. The Hall–Kier alpha value is -2.28. The number of fused-ring (bicyclic) bond motifs is 1. The monoisotopic (exact) mass is 307 g/mol. The van der Waals surface area contributed by atoms with Gasteiger partial charge in [0.05, 0.1) is 5.39 Å². The van der Waals surface area contributed by atoms with Crippen LogP contribution in [0.5, 0.6) is 11.6 Å². The van der Waals surface area contributed by atoms with Crippen LogP contribution in [0.3, 0.4) is 0 Å². The fourth-order valence-electron chi connectivity index (χ4n) is 1.80. The molecule has 2 heterocycles. The molecule has 1 aromatic carbocycles. The molecule has 0 saturated carbocycles. The minimum Gasteiger partial charge on any atom is -0.438 e. The maximum Gasteiger partial charge on any atom is 0.232 e. The van der Waals surface area contributed by atoms with E-state index in [2.05, 4.69) is 15.3 Å². The fourth-order valence-corrected chi connectivity index (χ4v) is 2.55.